The van der Waals surface area contributed by atoms with Crippen LogP contribution in [-0.2, 0) is 11.8 Å². The second-order valence-electron chi connectivity index (χ2n) is 5.51. The third kappa shape index (κ3) is 2.85. The van der Waals surface area contributed by atoms with Gasteiger partial charge in [0, 0.05) is 12.4 Å². The molecule has 4 heterocycles. The number of rotatable bonds is 4. The highest BCUT2D eigenvalue weighted by Gasteiger charge is 2.22. The molecule has 7 nitrogen and oxygen atoms in total. The Balaban J connectivity index is 1.52. The number of esters is 1. The molecule has 25 heavy (non-hydrogen) atoms. The number of nitrogens with zero attached hydrogens (tertiary/aromatic N) is 4. The molecule has 0 aliphatic heterocycles. The van der Waals surface area contributed by atoms with Crippen LogP contribution in [0.25, 0.3) is 21.0 Å². The van der Waals surface area contributed by atoms with Crippen LogP contribution in [0.5, 0.6) is 0 Å². The molecule has 0 aromatic carbocycles. The van der Waals surface area contributed by atoms with Gasteiger partial charge in [-0.1, -0.05) is 6.07 Å². The zero-order valence-electron chi connectivity index (χ0n) is 13.7. The third-order valence-corrected chi connectivity index (χ3v) is 5.74. The lowest BCUT2D eigenvalue weighted by molar-refractivity contribution is 0.0286. The quantitative estimate of drug-likeness (QED) is 0.503. The first-order valence-corrected chi connectivity index (χ1v) is 9.24. The third-order valence-electron chi connectivity index (χ3n) is 3.70. The van der Waals surface area contributed by atoms with Crippen molar-refractivity contribution in [2.75, 3.05) is 0 Å². The van der Waals surface area contributed by atoms with E-state index in [0.29, 0.717) is 10.8 Å². The maximum atomic E-state index is 12.4. The minimum absolute atomic E-state index is 0.274. The molecule has 0 amide bonds. The summed E-state index contributed by atoms with van der Waals surface area (Å²) in [5.74, 6) is 0.288. The number of thiophene rings is 2. The van der Waals surface area contributed by atoms with Gasteiger partial charge in [-0.15, -0.1) is 32.9 Å². The van der Waals surface area contributed by atoms with E-state index in [0.717, 1.165) is 20.8 Å². The van der Waals surface area contributed by atoms with Crippen molar-refractivity contribution in [1.29, 1.82) is 0 Å². The molecule has 0 fully saturated rings. The first-order chi connectivity index (χ1) is 12.0. The van der Waals surface area contributed by atoms with E-state index in [2.05, 4.69) is 15.3 Å². The SMILES string of the molecule is Cc1nn(C)c2sc(C(=O)OC(C)c3nnc(-c4cccs4)o3)cc12. The van der Waals surface area contributed by atoms with Crippen LogP contribution in [0.3, 0.4) is 0 Å². The Bertz CT molecular complexity index is 1010. The van der Waals surface area contributed by atoms with E-state index in [-0.39, 0.29) is 5.89 Å². The summed E-state index contributed by atoms with van der Waals surface area (Å²) >= 11 is 2.86. The molecule has 0 saturated carbocycles. The first-order valence-electron chi connectivity index (χ1n) is 7.54. The van der Waals surface area contributed by atoms with Crippen LogP contribution in [0, 0.1) is 6.92 Å². The molecule has 4 rings (SSSR count). The van der Waals surface area contributed by atoms with Gasteiger partial charge in [0.25, 0.3) is 11.8 Å². The lowest BCUT2D eigenvalue weighted by Crippen LogP contribution is -2.08. The molecule has 4 aromatic rings. The van der Waals surface area contributed by atoms with E-state index in [1.807, 2.05) is 37.6 Å². The number of aryl methyl sites for hydroxylation is 2. The van der Waals surface area contributed by atoms with Gasteiger partial charge < -0.3 is 9.15 Å². The van der Waals surface area contributed by atoms with E-state index in [4.69, 9.17) is 9.15 Å². The fourth-order valence-corrected chi connectivity index (χ4v) is 4.12. The van der Waals surface area contributed by atoms with Crippen molar-refractivity contribution in [3.63, 3.8) is 0 Å². The number of hydrogen-bond acceptors (Lipinski definition) is 8. The minimum atomic E-state index is -0.627. The van der Waals surface area contributed by atoms with Gasteiger partial charge in [-0.25, -0.2) is 4.79 Å². The largest absolute Gasteiger partial charge is 0.448 e. The Morgan fingerprint density at radius 2 is 2.24 bits per heavy atom. The van der Waals surface area contributed by atoms with Gasteiger partial charge in [0.2, 0.25) is 0 Å². The molecule has 0 bridgehead atoms. The summed E-state index contributed by atoms with van der Waals surface area (Å²) in [5.41, 5.74) is 0.887. The van der Waals surface area contributed by atoms with Crippen molar-refractivity contribution in [2.24, 2.45) is 7.05 Å². The van der Waals surface area contributed by atoms with Gasteiger partial charge in [-0.2, -0.15) is 5.10 Å². The van der Waals surface area contributed by atoms with Gasteiger partial charge in [-0.05, 0) is 31.4 Å². The average molecular weight is 374 g/mol. The number of fused-ring (bicyclic) bond motifs is 1. The minimum Gasteiger partial charge on any atom is -0.448 e. The van der Waals surface area contributed by atoms with E-state index in [9.17, 15) is 4.79 Å². The maximum Gasteiger partial charge on any atom is 0.349 e. The monoisotopic (exact) mass is 374 g/mol. The zero-order valence-corrected chi connectivity index (χ0v) is 15.3. The molecule has 1 atom stereocenters. The second-order valence-corrected chi connectivity index (χ2v) is 7.49. The number of carbonyl (C=O) groups is 1. The number of hydrogen-bond donors (Lipinski definition) is 0. The van der Waals surface area contributed by atoms with Gasteiger partial charge >= 0.3 is 5.97 Å². The van der Waals surface area contributed by atoms with Crippen LogP contribution in [0.15, 0.2) is 28.0 Å². The fraction of sp³-hybridized carbons (Fsp3) is 0.250. The molecule has 1 unspecified atom stereocenters. The van der Waals surface area contributed by atoms with Crippen molar-refractivity contribution in [2.45, 2.75) is 20.0 Å². The Morgan fingerprint density at radius 1 is 1.40 bits per heavy atom. The van der Waals surface area contributed by atoms with Crippen LogP contribution in [-0.4, -0.2) is 25.9 Å². The number of aromatic nitrogens is 4. The Hall–Kier alpha value is -2.52. The summed E-state index contributed by atoms with van der Waals surface area (Å²) in [4.78, 5) is 14.8. The van der Waals surface area contributed by atoms with Gasteiger partial charge in [0.1, 0.15) is 9.71 Å². The Morgan fingerprint density at radius 3 is 2.96 bits per heavy atom. The number of carbonyl (C=O) groups excluding carboxylic acids is 1. The van der Waals surface area contributed by atoms with Crippen molar-refractivity contribution < 1.29 is 13.9 Å². The lowest BCUT2D eigenvalue weighted by atomic mass is 10.3. The smallest absolute Gasteiger partial charge is 0.349 e. The highest BCUT2D eigenvalue weighted by molar-refractivity contribution is 7.20. The average Bonchev–Trinajstić information content (AvgIpc) is 3.34. The summed E-state index contributed by atoms with van der Waals surface area (Å²) in [6.07, 6.45) is -0.627. The molecule has 4 aromatic heterocycles. The normalized spacial score (nSPS) is 12.6. The summed E-state index contributed by atoms with van der Waals surface area (Å²) in [6.45, 7) is 3.63. The Kier molecular flexibility index (Phi) is 3.89. The van der Waals surface area contributed by atoms with Crippen molar-refractivity contribution in [1.82, 2.24) is 20.0 Å². The van der Waals surface area contributed by atoms with Crippen LogP contribution in [0.4, 0.5) is 0 Å². The van der Waals surface area contributed by atoms with Crippen LogP contribution in [0.1, 0.15) is 34.3 Å². The number of ether oxygens (including phenoxy) is 1. The molecule has 0 aliphatic rings. The zero-order chi connectivity index (χ0) is 17.6. The second kappa shape index (κ2) is 6.08. The molecular weight excluding hydrogens is 360 g/mol. The molecule has 0 N–H and O–H groups in total. The molecule has 9 heteroatoms. The standard InChI is InChI=1S/C16H14N4O3S2/c1-8-10-7-12(25-15(10)20(3)19-8)16(21)22-9(2)13-17-18-14(23-13)11-5-4-6-24-11/h4-7,9H,1-3H3. The molecule has 0 radical (unpaired) electrons. The predicted octanol–water partition coefficient (Wildman–Crippen LogP) is 3.97. The van der Waals surface area contributed by atoms with Crippen LogP contribution < -0.4 is 0 Å². The Labute approximate surface area is 150 Å². The summed E-state index contributed by atoms with van der Waals surface area (Å²) in [7, 11) is 1.86. The van der Waals surface area contributed by atoms with Gasteiger partial charge in [-0.3, -0.25) is 4.68 Å². The molecule has 0 aliphatic carbocycles. The highest BCUT2D eigenvalue weighted by atomic mass is 32.1. The first kappa shape index (κ1) is 16.0. The highest BCUT2D eigenvalue weighted by Crippen LogP contribution is 2.30. The van der Waals surface area contributed by atoms with Gasteiger partial charge in [0.05, 0.1) is 10.6 Å². The lowest BCUT2D eigenvalue weighted by Gasteiger charge is -2.07. The van der Waals surface area contributed by atoms with E-state index < -0.39 is 12.1 Å². The molecular formula is C16H14N4O3S2. The summed E-state index contributed by atoms with van der Waals surface area (Å²) in [5, 5.41) is 15.2. The van der Waals surface area contributed by atoms with Crippen LogP contribution >= 0.6 is 22.7 Å². The van der Waals surface area contributed by atoms with Gasteiger partial charge in [0.15, 0.2) is 6.10 Å². The van der Waals surface area contributed by atoms with E-state index in [1.165, 1.54) is 22.7 Å². The van der Waals surface area contributed by atoms with Crippen molar-refractivity contribution >= 4 is 38.9 Å². The van der Waals surface area contributed by atoms with E-state index >= 15 is 0 Å². The molecule has 0 saturated heterocycles. The summed E-state index contributed by atoms with van der Waals surface area (Å²) in [6, 6.07) is 5.61. The molecule has 128 valence electrons. The van der Waals surface area contributed by atoms with Crippen molar-refractivity contribution in [3.05, 3.63) is 40.0 Å². The van der Waals surface area contributed by atoms with Crippen molar-refractivity contribution in [3.8, 4) is 10.8 Å². The maximum absolute atomic E-state index is 12.4. The molecule has 0 spiro atoms. The van der Waals surface area contributed by atoms with E-state index in [1.54, 1.807) is 11.6 Å². The predicted molar refractivity (Wildman–Crippen MR) is 94.8 cm³/mol. The summed E-state index contributed by atoms with van der Waals surface area (Å²) < 4.78 is 12.9. The van der Waals surface area contributed by atoms with Crippen LogP contribution in [0.2, 0.25) is 0 Å². The fourth-order valence-electron chi connectivity index (χ4n) is 2.47. The topological polar surface area (TPSA) is 83.0 Å².